The molecule has 3 rings (SSSR count). The van der Waals surface area contributed by atoms with E-state index in [0.29, 0.717) is 5.92 Å². The summed E-state index contributed by atoms with van der Waals surface area (Å²) in [6, 6.07) is 21.8. The molecule has 1 aliphatic rings. The van der Waals surface area contributed by atoms with Crippen LogP contribution in [0.5, 0.6) is 0 Å². The molecule has 1 saturated heterocycles. The Labute approximate surface area is 175 Å². The Morgan fingerprint density at radius 2 is 1.72 bits per heavy atom. The van der Waals surface area contributed by atoms with Gasteiger partial charge < -0.3 is 10.0 Å². The largest absolute Gasteiger partial charge is 0.480 e. The SMILES string of the molecule is CN(CCN1CCCC(CCC(c2ccccc2)c2ccccc2)C1)CC(=O)O. The van der Waals surface area contributed by atoms with E-state index in [0.717, 1.165) is 32.1 Å². The normalized spacial score (nSPS) is 17.7. The van der Waals surface area contributed by atoms with E-state index in [9.17, 15) is 4.79 Å². The molecular formula is C25H34N2O2. The fraction of sp³-hybridized carbons (Fsp3) is 0.480. The van der Waals surface area contributed by atoms with Gasteiger partial charge in [-0.1, -0.05) is 60.7 Å². The highest BCUT2D eigenvalue weighted by atomic mass is 16.4. The van der Waals surface area contributed by atoms with Crippen molar-refractivity contribution in [3.05, 3.63) is 71.8 Å². The molecular weight excluding hydrogens is 360 g/mol. The van der Waals surface area contributed by atoms with Crippen molar-refractivity contribution >= 4 is 5.97 Å². The third-order valence-corrected chi connectivity index (χ3v) is 6.07. The Hall–Kier alpha value is -2.17. The van der Waals surface area contributed by atoms with E-state index >= 15 is 0 Å². The van der Waals surface area contributed by atoms with Crippen LogP contribution in [0.4, 0.5) is 0 Å². The number of benzene rings is 2. The summed E-state index contributed by atoms with van der Waals surface area (Å²) in [4.78, 5) is 15.3. The molecule has 4 heteroatoms. The van der Waals surface area contributed by atoms with Crippen LogP contribution < -0.4 is 0 Å². The number of aliphatic carboxylic acids is 1. The Morgan fingerprint density at radius 1 is 1.10 bits per heavy atom. The quantitative estimate of drug-likeness (QED) is 0.651. The van der Waals surface area contributed by atoms with E-state index in [1.54, 1.807) is 0 Å². The van der Waals surface area contributed by atoms with Crippen molar-refractivity contribution in [3.63, 3.8) is 0 Å². The van der Waals surface area contributed by atoms with Gasteiger partial charge in [0.25, 0.3) is 0 Å². The minimum atomic E-state index is -0.753. The average molecular weight is 395 g/mol. The molecule has 1 aliphatic heterocycles. The maximum Gasteiger partial charge on any atom is 0.317 e. The fourth-order valence-corrected chi connectivity index (χ4v) is 4.51. The lowest BCUT2D eigenvalue weighted by Gasteiger charge is -2.34. The third kappa shape index (κ3) is 6.98. The van der Waals surface area contributed by atoms with Crippen molar-refractivity contribution in [2.24, 2.45) is 5.92 Å². The van der Waals surface area contributed by atoms with Crippen molar-refractivity contribution in [2.45, 2.75) is 31.6 Å². The van der Waals surface area contributed by atoms with E-state index in [1.807, 2.05) is 11.9 Å². The molecule has 29 heavy (non-hydrogen) atoms. The zero-order valence-corrected chi connectivity index (χ0v) is 17.5. The molecule has 1 fully saturated rings. The van der Waals surface area contributed by atoms with Crippen molar-refractivity contribution in [1.29, 1.82) is 0 Å². The molecule has 0 bridgehead atoms. The molecule has 2 aromatic rings. The molecule has 2 aromatic carbocycles. The third-order valence-electron chi connectivity index (χ3n) is 6.07. The topological polar surface area (TPSA) is 43.8 Å². The maximum absolute atomic E-state index is 10.8. The Kier molecular flexibility index (Phi) is 8.26. The number of rotatable bonds is 10. The lowest BCUT2D eigenvalue weighted by atomic mass is 9.83. The van der Waals surface area contributed by atoms with Crippen LogP contribution in [-0.4, -0.2) is 60.6 Å². The minimum Gasteiger partial charge on any atom is -0.480 e. The summed E-state index contributed by atoms with van der Waals surface area (Å²) in [5, 5.41) is 8.92. The van der Waals surface area contributed by atoms with Crippen molar-refractivity contribution in [1.82, 2.24) is 9.80 Å². The molecule has 156 valence electrons. The second-order valence-electron chi connectivity index (χ2n) is 8.39. The number of likely N-dealkylation sites (tertiary alicyclic amines) is 1. The molecule has 1 N–H and O–H groups in total. The van der Waals surface area contributed by atoms with Crippen LogP contribution in [0.2, 0.25) is 0 Å². The van der Waals surface area contributed by atoms with Gasteiger partial charge >= 0.3 is 5.97 Å². The molecule has 0 aliphatic carbocycles. The van der Waals surface area contributed by atoms with E-state index in [2.05, 4.69) is 65.6 Å². The summed E-state index contributed by atoms with van der Waals surface area (Å²) in [6.45, 7) is 4.17. The molecule has 0 spiro atoms. The van der Waals surface area contributed by atoms with Crippen molar-refractivity contribution < 1.29 is 9.90 Å². The van der Waals surface area contributed by atoms with Gasteiger partial charge in [0.05, 0.1) is 6.54 Å². The number of hydrogen-bond acceptors (Lipinski definition) is 3. The zero-order chi connectivity index (χ0) is 20.5. The fourth-order valence-electron chi connectivity index (χ4n) is 4.51. The summed E-state index contributed by atoms with van der Waals surface area (Å²) >= 11 is 0. The second kappa shape index (κ2) is 11.1. The van der Waals surface area contributed by atoms with Crippen LogP contribution in [0.15, 0.2) is 60.7 Å². The van der Waals surface area contributed by atoms with Crippen LogP contribution >= 0.6 is 0 Å². The van der Waals surface area contributed by atoms with Crippen LogP contribution in [0, 0.1) is 5.92 Å². The molecule has 1 heterocycles. The van der Waals surface area contributed by atoms with Crippen LogP contribution in [0.25, 0.3) is 0 Å². The number of carbonyl (C=O) groups is 1. The first-order valence-electron chi connectivity index (χ1n) is 10.8. The van der Waals surface area contributed by atoms with Gasteiger partial charge in [-0.15, -0.1) is 0 Å². The standard InChI is InChI=1S/C25H34N2O2/c1-26(20-25(28)29)17-18-27-16-8-9-21(19-27)14-15-24(22-10-4-2-5-11-22)23-12-6-3-7-13-23/h2-7,10-13,21,24H,8-9,14-20H2,1H3,(H,28,29). The lowest BCUT2D eigenvalue weighted by molar-refractivity contribution is -0.138. The van der Waals surface area contributed by atoms with Gasteiger partial charge in [-0.3, -0.25) is 9.69 Å². The summed E-state index contributed by atoms with van der Waals surface area (Å²) in [6.07, 6.45) is 4.95. The second-order valence-corrected chi connectivity index (χ2v) is 8.39. The highest BCUT2D eigenvalue weighted by Gasteiger charge is 2.22. The molecule has 1 unspecified atom stereocenters. The monoisotopic (exact) mass is 394 g/mol. The summed E-state index contributed by atoms with van der Waals surface area (Å²) < 4.78 is 0. The summed E-state index contributed by atoms with van der Waals surface area (Å²) in [5.41, 5.74) is 2.81. The van der Waals surface area contributed by atoms with Crippen molar-refractivity contribution in [2.75, 3.05) is 39.8 Å². The maximum atomic E-state index is 10.8. The summed E-state index contributed by atoms with van der Waals surface area (Å²) in [7, 11) is 1.89. The van der Waals surface area contributed by atoms with Crippen molar-refractivity contribution in [3.8, 4) is 0 Å². The predicted octanol–water partition coefficient (Wildman–Crippen LogP) is 4.33. The number of nitrogens with zero attached hydrogens (tertiary/aromatic N) is 2. The van der Waals surface area contributed by atoms with Crippen LogP contribution in [0.1, 0.15) is 42.7 Å². The Balaban J connectivity index is 1.54. The molecule has 4 nitrogen and oxygen atoms in total. The molecule has 0 saturated carbocycles. The van der Waals surface area contributed by atoms with Gasteiger partial charge in [-0.2, -0.15) is 0 Å². The lowest BCUT2D eigenvalue weighted by Crippen LogP contribution is -2.41. The molecule has 1 atom stereocenters. The molecule has 0 aromatic heterocycles. The zero-order valence-electron chi connectivity index (χ0n) is 17.5. The molecule has 0 radical (unpaired) electrons. The predicted molar refractivity (Wildman–Crippen MR) is 118 cm³/mol. The summed E-state index contributed by atoms with van der Waals surface area (Å²) in [5.74, 6) is 0.426. The molecule has 0 amide bonds. The first kappa shape index (κ1) is 21.5. The number of likely N-dealkylation sites (N-methyl/N-ethyl adjacent to an activating group) is 1. The Morgan fingerprint density at radius 3 is 2.31 bits per heavy atom. The number of carboxylic acid groups (broad SMARTS) is 1. The highest BCUT2D eigenvalue weighted by molar-refractivity contribution is 5.68. The number of carboxylic acids is 1. The van der Waals surface area contributed by atoms with Gasteiger partial charge in [0, 0.05) is 25.6 Å². The van der Waals surface area contributed by atoms with E-state index in [4.69, 9.17) is 5.11 Å². The first-order valence-corrected chi connectivity index (χ1v) is 10.8. The number of hydrogen-bond donors (Lipinski definition) is 1. The van der Waals surface area contributed by atoms with E-state index < -0.39 is 5.97 Å². The van der Waals surface area contributed by atoms with Gasteiger partial charge in [0.15, 0.2) is 0 Å². The van der Waals surface area contributed by atoms with E-state index in [1.165, 1.54) is 36.8 Å². The van der Waals surface area contributed by atoms with Crippen LogP contribution in [-0.2, 0) is 4.79 Å². The van der Waals surface area contributed by atoms with Crippen LogP contribution in [0.3, 0.4) is 0 Å². The van der Waals surface area contributed by atoms with Gasteiger partial charge in [0.2, 0.25) is 0 Å². The Bertz CT molecular complexity index is 696. The van der Waals surface area contributed by atoms with E-state index in [-0.39, 0.29) is 6.54 Å². The average Bonchev–Trinajstić information content (AvgIpc) is 2.74. The van der Waals surface area contributed by atoms with Gasteiger partial charge in [-0.05, 0) is 56.3 Å². The number of piperidine rings is 1. The first-order chi connectivity index (χ1) is 14.1. The van der Waals surface area contributed by atoms with Gasteiger partial charge in [-0.25, -0.2) is 0 Å². The smallest absolute Gasteiger partial charge is 0.317 e. The minimum absolute atomic E-state index is 0.118. The van der Waals surface area contributed by atoms with Gasteiger partial charge in [0.1, 0.15) is 0 Å². The highest BCUT2D eigenvalue weighted by Crippen LogP contribution is 2.32.